The van der Waals surface area contributed by atoms with Crippen LogP contribution in [0.25, 0.3) is 54.9 Å². The van der Waals surface area contributed by atoms with Gasteiger partial charge in [0.2, 0.25) is 0 Å². The van der Waals surface area contributed by atoms with Crippen LogP contribution in [0.5, 0.6) is 0 Å². The summed E-state index contributed by atoms with van der Waals surface area (Å²) in [7, 11) is -9.74. The second kappa shape index (κ2) is 11.6. The number of rotatable bonds is 7. The van der Waals surface area contributed by atoms with Gasteiger partial charge in [-0.25, -0.2) is 11.1 Å². The molecule has 0 aromatic heterocycles. The number of anilines is 2. The van der Waals surface area contributed by atoms with E-state index >= 15 is 0 Å². The van der Waals surface area contributed by atoms with E-state index in [0.717, 1.165) is 11.1 Å². The lowest BCUT2D eigenvalue weighted by molar-refractivity contribution is 0.481. The van der Waals surface area contributed by atoms with Crippen molar-refractivity contribution in [1.82, 2.24) is 0 Å². The first-order valence-electron chi connectivity index (χ1n) is 14.3. The summed E-state index contributed by atoms with van der Waals surface area (Å²) in [5, 5.41) is 8.61. The van der Waals surface area contributed by atoms with Crippen LogP contribution in [0.2, 0.25) is 0 Å². The quantitative estimate of drug-likeness (QED) is 0.0541. The number of nitrogen functional groups attached to an aromatic ring is 2. The minimum atomic E-state index is -4.87. The van der Waals surface area contributed by atoms with E-state index in [1.165, 1.54) is 0 Å². The lowest BCUT2D eigenvalue weighted by Crippen LogP contribution is -2.06. The lowest BCUT2D eigenvalue weighted by atomic mass is 9.89. The first kappa shape index (κ1) is 32.4. The Hall–Kier alpha value is -5.54. The van der Waals surface area contributed by atoms with Crippen molar-refractivity contribution < 1.29 is 25.9 Å². The van der Waals surface area contributed by atoms with E-state index in [2.05, 4.69) is 10.2 Å². The monoisotopic (exact) mass is 680 g/mol. The largest absolute Gasteiger partial charge is 0.396 e. The summed E-state index contributed by atoms with van der Waals surface area (Å²) >= 11 is 0. The van der Waals surface area contributed by atoms with Gasteiger partial charge in [0.05, 0.1) is 11.4 Å². The highest BCUT2D eigenvalue weighted by atomic mass is 32.2. The molecular weight excluding hydrogens is 653 g/mol. The zero-order chi connectivity index (χ0) is 34.7. The third-order valence-corrected chi connectivity index (χ3v) is 10.3. The van der Waals surface area contributed by atoms with Crippen molar-refractivity contribution in [3.63, 3.8) is 0 Å². The molecule has 0 amide bonds. The van der Waals surface area contributed by atoms with Crippen molar-refractivity contribution in [2.24, 2.45) is 10.2 Å². The van der Waals surface area contributed by atoms with Crippen LogP contribution in [-0.4, -0.2) is 25.9 Å². The highest BCUT2D eigenvalue weighted by Crippen LogP contribution is 2.48. The number of hydrogen-bond acceptors (Lipinski definition) is 10. The molecule has 0 aliphatic rings. The number of aryl methyl sites for hydroxylation is 2. The first-order chi connectivity index (χ1) is 22.7. The second-order valence-electron chi connectivity index (χ2n) is 11.3. The van der Waals surface area contributed by atoms with Crippen LogP contribution >= 0.6 is 0 Å². The summed E-state index contributed by atoms with van der Waals surface area (Å²) in [6, 6.07) is 24.2. The van der Waals surface area contributed by atoms with E-state index in [4.69, 9.17) is 22.5 Å². The maximum absolute atomic E-state index is 12.7. The number of hydrogen-bond donors (Lipinski definition) is 6. The Bertz CT molecular complexity index is 2420. The molecule has 0 unspecified atom stereocenters. The summed E-state index contributed by atoms with van der Waals surface area (Å²) in [5.74, 6) is 0. The van der Waals surface area contributed by atoms with Crippen molar-refractivity contribution >= 4 is 64.5 Å². The van der Waals surface area contributed by atoms with E-state index in [1.54, 1.807) is 86.6 Å². The van der Waals surface area contributed by atoms with Crippen molar-refractivity contribution in [2.75, 3.05) is 11.5 Å². The average Bonchev–Trinajstić information content (AvgIpc) is 3.04. The fraction of sp³-hybridized carbons (Fsp3) is 0.0588. The van der Waals surface area contributed by atoms with Gasteiger partial charge in [0, 0.05) is 21.9 Å². The Morgan fingerprint density at radius 2 is 0.896 bits per heavy atom. The van der Waals surface area contributed by atoms with Crippen LogP contribution in [0.15, 0.2) is 105 Å². The number of nitrogens with zero attached hydrogens (tertiary/aromatic N) is 2. The Morgan fingerprint density at radius 3 is 1.19 bits per heavy atom. The Kier molecular flexibility index (Phi) is 7.84. The molecule has 6 rings (SSSR count). The van der Waals surface area contributed by atoms with Crippen molar-refractivity contribution in [3.05, 3.63) is 96.1 Å². The summed E-state index contributed by atoms with van der Waals surface area (Å²) in [6.07, 6.45) is 0. The molecule has 0 aliphatic carbocycles. The molecule has 0 aliphatic heterocycles. The van der Waals surface area contributed by atoms with Gasteiger partial charge in [-0.2, -0.15) is 27.1 Å². The lowest BCUT2D eigenvalue weighted by Gasteiger charge is -2.19. The fourth-order valence-electron chi connectivity index (χ4n) is 6.36. The average molecular weight is 681 g/mol. The van der Waals surface area contributed by atoms with Crippen molar-refractivity contribution in [1.29, 1.82) is 11.1 Å². The van der Waals surface area contributed by atoms with Gasteiger partial charge in [-0.15, -0.1) is 0 Å². The van der Waals surface area contributed by atoms with E-state index in [1.807, 2.05) is 12.1 Å². The maximum atomic E-state index is 12.7. The number of fused-ring (bicyclic) bond motifs is 2. The van der Waals surface area contributed by atoms with Crippen LogP contribution in [-0.2, 0) is 20.2 Å². The molecule has 0 heterocycles. The molecule has 0 saturated carbocycles. The second-order valence-corrected chi connectivity index (χ2v) is 14.0. The predicted octanol–water partition coefficient (Wildman–Crippen LogP) is 8.59. The minimum Gasteiger partial charge on any atom is -0.396 e. The molecule has 0 radical (unpaired) electrons. The third kappa shape index (κ3) is 5.16. The van der Waals surface area contributed by atoms with Gasteiger partial charge in [0.15, 0.2) is 0 Å². The first-order valence-corrected chi connectivity index (χ1v) is 17.2. The van der Waals surface area contributed by atoms with Crippen LogP contribution in [0.3, 0.4) is 0 Å². The van der Waals surface area contributed by atoms with Crippen LogP contribution in [0, 0.1) is 24.9 Å². The summed E-state index contributed by atoms with van der Waals surface area (Å²) in [6.45, 7) is 3.56. The van der Waals surface area contributed by atoms with Crippen LogP contribution in [0.4, 0.5) is 22.7 Å². The molecule has 0 spiro atoms. The zero-order valence-corrected chi connectivity index (χ0v) is 27.1. The van der Waals surface area contributed by atoms with Gasteiger partial charge in [0.1, 0.15) is 21.2 Å². The molecule has 0 bridgehead atoms. The third-order valence-electron chi connectivity index (χ3n) is 8.43. The van der Waals surface area contributed by atoms with Gasteiger partial charge in [-0.1, -0.05) is 84.9 Å². The van der Waals surface area contributed by atoms with Gasteiger partial charge >= 0.3 is 0 Å². The standard InChI is InChI=1S/C34H28N6O6S2/c1-17-15-19(11-13-21(17)27-23-7-3-5-9-25(23)29(35)31(39-37)33(27)47(41,42)43)20-12-14-22(18(2)16-20)28-24-8-4-6-10-26(24)30(36)32(40-38)34(28)48(44,45)46/h3-16,37-38H,35-36H2,1-2H3,(H,41,42,43)(H,44,45,46). The molecule has 12 nitrogen and oxygen atoms in total. The molecule has 242 valence electrons. The number of nitrogens with one attached hydrogen (secondary N) is 2. The maximum Gasteiger partial charge on any atom is 0.297 e. The fourth-order valence-corrected chi connectivity index (χ4v) is 8.12. The molecule has 0 fully saturated rings. The highest BCUT2D eigenvalue weighted by Gasteiger charge is 2.30. The van der Waals surface area contributed by atoms with Gasteiger partial charge < -0.3 is 11.5 Å². The normalized spacial score (nSPS) is 12.0. The molecule has 0 saturated heterocycles. The Balaban J connectivity index is 1.56. The molecule has 14 heteroatoms. The predicted molar refractivity (Wildman–Crippen MR) is 185 cm³/mol. The molecule has 8 N–H and O–H groups in total. The van der Waals surface area contributed by atoms with Gasteiger partial charge in [-0.05, 0) is 58.0 Å². The molecular formula is C34H28N6O6S2. The number of benzene rings is 6. The van der Waals surface area contributed by atoms with Crippen LogP contribution < -0.4 is 11.5 Å². The summed E-state index contributed by atoms with van der Waals surface area (Å²) < 4.78 is 71.3. The Morgan fingerprint density at radius 1 is 0.562 bits per heavy atom. The van der Waals surface area contributed by atoms with E-state index in [0.29, 0.717) is 43.8 Å². The van der Waals surface area contributed by atoms with E-state index in [-0.39, 0.29) is 33.9 Å². The SMILES string of the molecule is Cc1cc(-c2ccc(-c3c(S(=O)(=O)O)c(N=N)c(N)c4ccccc34)c(C)c2)ccc1-c1c(S(=O)(=O)O)c(N=N)c(N)c2ccccc12. The van der Waals surface area contributed by atoms with Crippen molar-refractivity contribution in [2.45, 2.75) is 23.6 Å². The van der Waals surface area contributed by atoms with Crippen molar-refractivity contribution in [3.8, 4) is 33.4 Å². The zero-order valence-electron chi connectivity index (χ0n) is 25.5. The number of nitrogens with two attached hydrogens (primary N) is 2. The minimum absolute atomic E-state index is 0.0450. The summed E-state index contributed by atoms with van der Waals surface area (Å²) in [4.78, 5) is -1.12. The van der Waals surface area contributed by atoms with Gasteiger partial charge in [-0.3, -0.25) is 9.11 Å². The molecule has 6 aromatic rings. The molecule has 48 heavy (non-hydrogen) atoms. The smallest absolute Gasteiger partial charge is 0.297 e. The topological polar surface area (TPSA) is 233 Å². The van der Waals surface area contributed by atoms with Gasteiger partial charge in [0.25, 0.3) is 20.2 Å². The Labute approximate surface area is 275 Å². The van der Waals surface area contributed by atoms with E-state index < -0.39 is 30.0 Å². The highest BCUT2D eigenvalue weighted by molar-refractivity contribution is 7.86. The molecule has 0 atom stereocenters. The van der Waals surface area contributed by atoms with E-state index in [9.17, 15) is 25.9 Å². The summed E-state index contributed by atoms with van der Waals surface area (Å²) in [5.41, 5.74) is 31.0. The molecule has 6 aromatic carbocycles. The van der Waals surface area contributed by atoms with Crippen LogP contribution in [0.1, 0.15) is 11.1 Å².